The van der Waals surface area contributed by atoms with E-state index in [1.54, 1.807) is 13.8 Å². The molecule has 0 aromatic heterocycles. The fraction of sp³-hybridized carbons (Fsp3) is 0.833. The molecule has 4 heteroatoms. The van der Waals surface area contributed by atoms with Gasteiger partial charge in [-0.3, -0.25) is 0 Å². The van der Waals surface area contributed by atoms with Crippen molar-refractivity contribution in [2.24, 2.45) is 0 Å². The van der Waals surface area contributed by atoms with E-state index < -0.39 is 11.8 Å². The molecule has 1 N–H and O–H groups in total. The van der Waals surface area contributed by atoms with E-state index in [0.29, 0.717) is 0 Å². The molecule has 0 saturated carbocycles. The van der Waals surface area contributed by atoms with E-state index in [0.717, 1.165) is 0 Å². The molecular weight excluding hydrogens is 247 g/mol. The van der Waals surface area contributed by atoms with Crippen molar-refractivity contribution in [3.05, 3.63) is 0 Å². The van der Waals surface area contributed by atoms with Crippen molar-refractivity contribution in [2.45, 2.75) is 30.3 Å². The summed E-state index contributed by atoms with van der Waals surface area (Å²) in [6.45, 7) is 5.40. The first-order valence-corrected chi connectivity index (χ1v) is 4.17. The van der Waals surface area contributed by atoms with Gasteiger partial charge in [-0.1, -0.05) is 22.6 Å². The maximum absolute atomic E-state index is 10.1. The minimum Gasteiger partial charge on any atom is -0.450 e. The lowest BCUT2D eigenvalue weighted by Crippen LogP contribution is -2.34. The molecule has 0 aliphatic carbocycles. The minimum atomic E-state index is -1.21. The first-order chi connectivity index (χ1) is 4.36. The van der Waals surface area contributed by atoms with Gasteiger partial charge in [-0.2, -0.15) is 0 Å². The normalized spacial score (nSPS) is 14.4. The molecule has 0 rings (SSSR count). The Balaban J connectivity index is 3.99. The number of alkyl halides is 1. The fourth-order valence-corrected chi connectivity index (χ4v) is 0.433. The van der Waals surface area contributed by atoms with Crippen LogP contribution in [0, 0.1) is 0 Å². The van der Waals surface area contributed by atoms with Crippen LogP contribution in [0.25, 0.3) is 0 Å². The molecule has 0 amide bonds. The number of carbonyl (C=O) groups is 1. The van der Waals surface area contributed by atoms with Crippen molar-refractivity contribution in [3.8, 4) is 0 Å². The van der Waals surface area contributed by atoms with Crippen molar-refractivity contribution < 1.29 is 14.6 Å². The highest BCUT2D eigenvalue weighted by Gasteiger charge is 2.27. The van der Waals surface area contributed by atoms with Gasteiger partial charge in [-0.05, 0) is 20.8 Å². The maximum atomic E-state index is 10.1. The van der Waals surface area contributed by atoms with Crippen molar-refractivity contribution in [2.75, 3.05) is 0 Å². The lowest BCUT2D eigenvalue weighted by molar-refractivity contribution is 0.00756. The molecular formula is C6H11IO3. The average Bonchev–Trinajstić information content (AvgIpc) is 1.60. The number of rotatable bonds is 2. The largest absolute Gasteiger partial charge is 0.506 e. The van der Waals surface area contributed by atoms with Crippen molar-refractivity contribution in [3.63, 3.8) is 0 Å². The van der Waals surface area contributed by atoms with Gasteiger partial charge in [-0.25, -0.2) is 4.79 Å². The van der Waals surface area contributed by atoms with Crippen LogP contribution in [0.4, 0.5) is 4.79 Å². The van der Waals surface area contributed by atoms with E-state index in [1.165, 1.54) is 0 Å². The summed E-state index contributed by atoms with van der Waals surface area (Å²) in [7, 11) is 0. The summed E-state index contributed by atoms with van der Waals surface area (Å²) in [4.78, 5) is 10.1. The zero-order chi connectivity index (χ0) is 8.36. The van der Waals surface area contributed by atoms with E-state index in [2.05, 4.69) is 27.3 Å². The summed E-state index contributed by atoms with van der Waals surface area (Å²) >= 11 is 2.13. The Morgan fingerprint density at radius 2 is 2.10 bits per heavy atom. The summed E-state index contributed by atoms with van der Waals surface area (Å²) in [6, 6.07) is 0. The fourth-order valence-electron chi connectivity index (χ4n) is 0.306. The van der Waals surface area contributed by atoms with Crippen LogP contribution in [0.2, 0.25) is 0 Å². The van der Waals surface area contributed by atoms with Crippen LogP contribution in [0.1, 0.15) is 20.8 Å². The second-order valence-electron chi connectivity index (χ2n) is 2.59. The molecule has 0 fully saturated rings. The Kier molecular flexibility index (Phi) is 3.41. The first kappa shape index (κ1) is 10.0. The van der Waals surface area contributed by atoms with Gasteiger partial charge < -0.3 is 9.84 Å². The standard InChI is InChI=1S/C6H11IO3/c1-4(7)6(2,3)10-5(8)9/h4H,1-3H3,(H,8,9). The third-order valence-electron chi connectivity index (χ3n) is 1.31. The monoisotopic (exact) mass is 258 g/mol. The summed E-state index contributed by atoms with van der Waals surface area (Å²) in [6.07, 6.45) is -1.21. The molecule has 0 bridgehead atoms. The van der Waals surface area contributed by atoms with Gasteiger partial charge in [0.25, 0.3) is 0 Å². The lowest BCUT2D eigenvalue weighted by Gasteiger charge is -2.25. The SMILES string of the molecule is CC(I)C(C)(C)OC(=O)O. The molecule has 0 saturated heterocycles. The highest BCUT2D eigenvalue weighted by atomic mass is 127. The van der Waals surface area contributed by atoms with Gasteiger partial charge in [0.15, 0.2) is 0 Å². The maximum Gasteiger partial charge on any atom is 0.506 e. The second-order valence-corrected chi connectivity index (χ2v) is 4.46. The predicted octanol–water partition coefficient (Wildman–Crippen LogP) is 2.28. The highest BCUT2D eigenvalue weighted by Crippen LogP contribution is 2.21. The minimum absolute atomic E-state index is 0.168. The summed E-state index contributed by atoms with van der Waals surface area (Å²) in [5.41, 5.74) is -0.591. The predicted molar refractivity (Wildman–Crippen MR) is 46.7 cm³/mol. The summed E-state index contributed by atoms with van der Waals surface area (Å²) < 4.78 is 4.78. The topological polar surface area (TPSA) is 46.5 Å². The lowest BCUT2D eigenvalue weighted by atomic mass is 10.1. The molecule has 60 valence electrons. The smallest absolute Gasteiger partial charge is 0.450 e. The van der Waals surface area contributed by atoms with Crippen LogP contribution >= 0.6 is 22.6 Å². The molecule has 0 spiro atoms. The van der Waals surface area contributed by atoms with E-state index in [9.17, 15) is 4.79 Å². The Bertz CT molecular complexity index is 131. The Hall–Kier alpha value is 0. The number of carboxylic acid groups (broad SMARTS) is 1. The molecule has 0 aliphatic heterocycles. The molecule has 0 aliphatic rings. The van der Waals surface area contributed by atoms with Crippen LogP contribution in [-0.4, -0.2) is 20.8 Å². The Morgan fingerprint density at radius 1 is 1.70 bits per heavy atom. The van der Waals surface area contributed by atoms with Gasteiger partial charge in [0, 0.05) is 3.92 Å². The zero-order valence-corrected chi connectivity index (χ0v) is 8.38. The first-order valence-electron chi connectivity index (χ1n) is 2.92. The number of ether oxygens (including phenoxy) is 1. The van der Waals surface area contributed by atoms with Gasteiger partial charge in [0.05, 0.1) is 0 Å². The quantitative estimate of drug-likeness (QED) is 0.469. The van der Waals surface area contributed by atoms with Crippen molar-refractivity contribution in [1.82, 2.24) is 0 Å². The van der Waals surface area contributed by atoms with E-state index in [1.807, 2.05) is 6.92 Å². The van der Waals surface area contributed by atoms with Gasteiger partial charge in [0.1, 0.15) is 5.60 Å². The third kappa shape index (κ3) is 3.24. The number of hydrogen-bond donors (Lipinski definition) is 1. The molecule has 0 aromatic rings. The molecule has 10 heavy (non-hydrogen) atoms. The van der Waals surface area contributed by atoms with E-state index in [4.69, 9.17) is 5.11 Å². The van der Waals surface area contributed by atoms with Crippen molar-refractivity contribution >= 4 is 28.7 Å². The Labute approximate surface area is 73.9 Å². The molecule has 0 radical (unpaired) electrons. The van der Waals surface area contributed by atoms with Gasteiger partial charge >= 0.3 is 6.16 Å². The average molecular weight is 258 g/mol. The van der Waals surface area contributed by atoms with Crippen LogP contribution in [0.15, 0.2) is 0 Å². The van der Waals surface area contributed by atoms with Crippen LogP contribution in [-0.2, 0) is 4.74 Å². The van der Waals surface area contributed by atoms with Gasteiger partial charge in [-0.15, -0.1) is 0 Å². The van der Waals surface area contributed by atoms with Gasteiger partial charge in [0.2, 0.25) is 0 Å². The van der Waals surface area contributed by atoms with E-state index >= 15 is 0 Å². The number of hydrogen-bond acceptors (Lipinski definition) is 2. The van der Waals surface area contributed by atoms with E-state index in [-0.39, 0.29) is 3.92 Å². The zero-order valence-electron chi connectivity index (χ0n) is 6.22. The molecule has 0 heterocycles. The Morgan fingerprint density at radius 3 is 2.20 bits per heavy atom. The molecule has 3 nitrogen and oxygen atoms in total. The van der Waals surface area contributed by atoms with Crippen LogP contribution in [0.5, 0.6) is 0 Å². The van der Waals surface area contributed by atoms with Crippen LogP contribution in [0.3, 0.4) is 0 Å². The molecule has 0 aromatic carbocycles. The number of halogens is 1. The van der Waals surface area contributed by atoms with Crippen LogP contribution < -0.4 is 0 Å². The summed E-state index contributed by atoms with van der Waals surface area (Å²) in [5.74, 6) is 0. The molecule has 1 unspecified atom stereocenters. The third-order valence-corrected chi connectivity index (χ3v) is 2.81. The molecule has 1 atom stereocenters. The van der Waals surface area contributed by atoms with Crippen molar-refractivity contribution in [1.29, 1.82) is 0 Å². The summed E-state index contributed by atoms with van der Waals surface area (Å²) in [5, 5.41) is 8.27. The second kappa shape index (κ2) is 3.41. The highest BCUT2D eigenvalue weighted by molar-refractivity contribution is 14.1.